The first-order valence-corrected chi connectivity index (χ1v) is 7.06. The number of carbonyl (C=O) groups excluding carboxylic acids is 2. The fourth-order valence-electron chi connectivity index (χ4n) is 1.84. The van der Waals surface area contributed by atoms with Crippen LogP contribution in [0.2, 0.25) is 0 Å². The Morgan fingerprint density at radius 1 is 1.10 bits per heavy atom. The molecule has 4 nitrogen and oxygen atoms in total. The number of hydrogen-bond donors (Lipinski definition) is 1. The van der Waals surface area contributed by atoms with E-state index in [1.54, 1.807) is 42.5 Å². The molecule has 0 fully saturated rings. The number of rotatable bonds is 4. The Morgan fingerprint density at radius 3 is 2.33 bits per heavy atom. The Hall–Kier alpha value is -2.14. The number of Topliss-reactive ketones (excluding diaryl/α,β-unsaturated/α-hetero) is 1. The van der Waals surface area contributed by atoms with Crippen LogP contribution in [0.15, 0.2) is 46.9 Å². The molecular weight excluding hydrogens is 334 g/mol. The minimum Gasteiger partial charge on any atom is -0.496 e. The van der Waals surface area contributed by atoms with Crippen LogP contribution >= 0.6 is 15.9 Å². The second-order valence-electron chi connectivity index (χ2n) is 4.43. The zero-order chi connectivity index (χ0) is 15.4. The topological polar surface area (TPSA) is 55.4 Å². The molecule has 5 heteroatoms. The maximum atomic E-state index is 12.3. The summed E-state index contributed by atoms with van der Waals surface area (Å²) in [6.07, 6.45) is 0. The zero-order valence-corrected chi connectivity index (χ0v) is 13.2. The van der Waals surface area contributed by atoms with Crippen LogP contribution in [-0.2, 0) is 0 Å². The predicted octanol–water partition coefficient (Wildman–Crippen LogP) is 3.91. The van der Waals surface area contributed by atoms with Crippen LogP contribution in [0.5, 0.6) is 5.75 Å². The molecule has 0 heterocycles. The van der Waals surface area contributed by atoms with Crippen molar-refractivity contribution >= 4 is 33.3 Å². The third-order valence-electron chi connectivity index (χ3n) is 2.96. The van der Waals surface area contributed by atoms with Gasteiger partial charge in [0.2, 0.25) is 0 Å². The van der Waals surface area contributed by atoms with Gasteiger partial charge in [-0.05, 0) is 49.4 Å². The Morgan fingerprint density at radius 2 is 1.76 bits per heavy atom. The fraction of sp³-hybridized carbons (Fsp3) is 0.125. The molecule has 0 spiro atoms. The summed E-state index contributed by atoms with van der Waals surface area (Å²) in [5, 5.41) is 2.77. The number of nitrogens with one attached hydrogen (secondary N) is 1. The van der Waals surface area contributed by atoms with Crippen LogP contribution < -0.4 is 10.1 Å². The molecule has 0 saturated heterocycles. The maximum absolute atomic E-state index is 12.3. The number of anilines is 1. The number of amides is 1. The lowest BCUT2D eigenvalue weighted by molar-refractivity contribution is 0.101. The highest BCUT2D eigenvalue weighted by Gasteiger charge is 2.13. The van der Waals surface area contributed by atoms with Crippen LogP contribution in [0, 0.1) is 0 Å². The summed E-state index contributed by atoms with van der Waals surface area (Å²) in [7, 11) is 1.51. The third-order valence-corrected chi connectivity index (χ3v) is 3.45. The summed E-state index contributed by atoms with van der Waals surface area (Å²) in [6, 6.07) is 11.9. The van der Waals surface area contributed by atoms with Gasteiger partial charge in [0.15, 0.2) is 5.78 Å². The maximum Gasteiger partial charge on any atom is 0.259 e. The summed E-state index contributed by atoms with van der Waals surface area (Å²) >= 11 is 3.33. The molecule has 0 aliphatic heterocycles. The highest BCUT2D eigenvalue weighted by molar-refractivity contribution is 9.10. The number of benzene rings is 2. The number of methoxy groups -OCH3 is 1. The van der Waals surface area contributed by atoms with Gasteiger partial charge in [-0.1, -0.05) is 15.9 Å². The van der Waals surface area contributed by atoms with Crippen LogP contribution in [0.1, 0.15) is 27.6 Å². The van der Waals surface area contributed by atoms with E-state index in [4.69, 9.17) is 4.74 Å². The average Bonchev–Trinajstić information content (AvgIpc) is 2.47. The van der Waals surface area contributed by atoms with Gasteiger partial charge in [0.1, 0.15) is 5.75 Å². The van der Waals surface area contributed by atoms with E-state index >= 15 is 0 Å². The van der Waals surface area contributed by atoms with Crippen LogP contribution in [0.4, 0.5) is 5.69 Å². The Bertz CT molecular complexity index is 680. The lowest BCUT2D eigenvalue weighted by Crippen LogP contribution is -2.13. The first-order valence-electron chi connectivity index (χ1n) is 6.27. The van der Waals surface area contributed by atoms with Gasteiger partial charge in [0.25, 0.3) is 5.91 Å². The summed E-state index contributed by atoms with van der Waals surface area (Å²) in [6.45, 7) is 1.50. The van der Waals surface area contributed by atoms with Gasteiger partial charge in [0.05, 0.1) is 12.7 Å². The molecule has 2 aromatic carbocycles. The molecule has 1 N–H and O–H groups in total. The molecule has 1 amide bonds. The molecule has 108 valence electrons. The monoisotopic (exact) mass is 347 g/mol. The smallest absolute Gasteiger partial charge is 0.259 e. The molecule has 0 unspecified atom stereocenters. The van der Waals surface area contributed by atoms with Gasteiger partial charge in [-0.2, -0.15) is 0 Å². The van der Waals surface area contributed by atoms with E-state index in [1.807, 2.05) is 0 Å². The number of carbonyl (C=O) groups is 2. The first-order chi connectivity index (χ1) is 10.0. The molecule has 0 aliphatic carbocycles. The van der Waals surface area contributed by atoms with Gasteiger partial charge < -0.3 is 10.1 Å². The molecule has 21 heavy (non-hydrogen) atoms. The largest absolute Gasteiger partial charge is 0.496 e. The van der Waals surface area contributed by atoms with Gasteiger partial charge >= 0.3 is 0 Å². The molecule has 2 rings (SSSR count). The number of ether oxygens (including phenoxy) is 1. The minimum atomic E-state index is -0.269. The normalized spacial score (nSPS) is 10.0. The molecule has 0 aliphatic rings. The van der Waals surface area contributed by atoms with Crippen molar-refractivity contribution < 1.29 is 14.3 Å². The van der Waals surface area contributed by atoms with Crippen molar-refractivity contribution in [3.05, 3.63) is 58.1 Å². The second kappa shape index (κ2) is 6.54. The van der Waals surface area contributed by atoms with Gasteiger partial charge in [0, 0.05) is 15.7 Å². The van der Waals surface area contributed by atoms with E-state index in [2.05, 4.69) is 21.2 Å². The molecular formula is C16H14BrNO3. The predicted molar refractivity (Wildman–Crippen MR) is 85.1 cm³/mol. The Labute approximate surface area is 131 Å². The van der Waals surface area contributed by atoms with E-state index in [0.29, 0.717) is 22.6 Å². The van der Waals surface area contributed by atoms with Crippen molar-refractivity contribution in [1.29, 1.82) is 0 Å². The van der Waals surface area contributed by atoms with Crippen LogP contribution in [0.25, 0.3) is 0 Å². The van der Waals surface area contributed by atoms with Crippen molar-refractivity contribution in [2.75, 3.05) is 12.4 Å². The van der Waals surface area contributed by atoms with E-state index in [-0.39, 0.29) is 11.7 Å². The average molecular weight is 348 g/mol. The van der Waals surface area contributed by atoms with Crippen molar-refractivity contribution in [1.82, 2.24) is 0 Å². The van der Waals surface area contributed by atoms with E-state index in [9.17, 15) is 9.59 Å². The van der Waals surface area contributed by atoms with Crippen LogP contribution in [-0.4, -0.2) is 18.8 Å². The highest BCUT2D eigenvalue weighted by atomic mass is 79.9. The first kappa shape index (κ1) is 15.3. The Balaban J connectivity index is 2.19. The minimum absolute atomic E-state index is 0.0116. The quantitative estimate of drug-likeness (QED) is 0.853. The van der Waals surface area contributed by atoms with E-state index in [1.165, 1.54) is 14.0 Å². The van der Waals surface area contributed by atoms with E-state index in [0.717, 1.165) is 4.47 Å². The van der Waals surface area contributed by atoms with Gasteiger partial charge in [-0.3, -0.25) is 9.59 Å². The Kier molecular flexibility index (Phi) is 4.75. The second-order valence-corrected chi connectivity index (χ2v) is 5.35. The SMILES string of the molecule is COc1cc(Br)ccc1C(=O)Nc1ccc(C(C)=O)cc1. The van der Waals surface area contributed by atoms with E-state index < -0.39 is 0 Å². The molecule has 0 saturated carbocycles. The standard InChI is InChI=1S/C16H14BrNO3/c1-10(19)11-3-6-13(7-4-11)18-16(20)14-8-5-12(17)9-15(14)21-2/h3-9H,1-2H3,(H,18,20). The lowest BCUT2D eigenvalue weighted by Gasteiger charge is -2.10. The molecule has 0 atom stereocenters. The van der Waals surface area contributed by atoms with Crippen LogP contribution in [0.3, 0.4) is 0 Å². The van der Waals surface area contributed by atoms with Crippen molar-refractivity contribution in [3.8, 4) is 5.75 Å². The molecule has 2 aromatic rings. The summed E-state index contributed by atoms with van der Waals surface area (Å²) in [5.41, 5.74) is 1.67. The number of halogens is 1. The zero-order valence-electron chi connectivity index (χ0n) is 11.6. The van der Waals surface area contributed by atoms with Crippen molar-refractivity contribution in [3.63, 3.8) is 0 Å². The van der Waals surface area contributed by atoms with Gasteiger partial charge in [-0.25, -0.2) is 0 Å². The van der Waals surface area contributed by atoms with Crippen molar-refractivity contribution in [2.24, 2.45) is 0 Å². The molecule has 0 bridgehead atoms. The number of ketones is 1. The van der Waals surface area contributed by atoms with Crippen molar-refractivity contribution in [2.45, 2.75) is 6.92 Å². The fourth-order valence-corrected chi connectivity index (χ4v) is 2.18. The lowest BCUT2D eigenvalue weighted by atomic mass is 10.1. The highest BCUT2D eigenvalue weighted by Crippen LogP contribution is 2.24. The number of hydrogen-bond acceptors (Lipinski definition) is 3. The summed E-state index contributed by atoms with van der Waals surface area (Å²) < 4.78 is 6.04. The molecule has 0 radical (unpaired) electrons. The summed E-state index contributed by atoms with van der Waals surface area (Å²) in [4.78, 5) is 23.5. The van der Waals surface area contributed by atoms with Gasteiger partial charge in [-0.15, -0.1) is 0 Å². The third kappa shape index (κ3) is 3.70. The molecule has 0 aromatic heterocycles. The summed E-state index contributed by atoms with van der Waals surface area (Å²) in [5.74, 6) is 0.208.